The number of carbonyl (C=O) groups excluding carboxylic acids is 3. The second-order valence-corrected chi connectivity index (χ2v) is 5.91. The fraction of sp³-hybridized carbons (Fsp3) is 0. The molecule has 2 heterocycles. The molecule has 1 aliphatic rings. The summed E-state index contributed by atoms with van der Waals surface area (Å²) in [5.41, 5.74) is -0.516. The zero-order valence-electron chi connectivity index (χ0n) is 14.2. The molecule has 0 saturated carbocycles. The van der Waals surface area contributed by atoms with Gasteiger partial charge in [0, 0.05) is 12.3 Å². The molecule has 3 aromatic rings. The van der Waals surface area contributed by atoms with Gasteiger partial charge in [0.15, 0.2) is 0 Å². The molecule has 138 valence electrons. The molecule has 0 radical (unpaired) electrons. The van der Waals surface area contributed by atoms with Crippen LogP contribution in [-0.2, 0) is 4.84 Å². The third kappa shape index (κ3) is 2.77. The molecular weight excluding hydrogens is 367 g/mol. The van der Waals surface area contributed by atoms with Crippen LogP contribution in [-0.4, -0.2) is 27.4 Å². The summed E-state index contributed by atoms with van der Waals surface area (Å²) in [7, 11) is 0. The van der Waals surface area contributed by atoms with Gasteiger partial charge >= 0.3 is 5.97 Å². The zero-order chi connectivity index (χ0) is 19.8. The summed E-state index contributed by atoms with van der Waals surface area (Å²) in [5, 5.41) is 0.367. The van der Waals surface area contributed by atoms with Crippen molar-refractivity contribution < 1.29 is 23.6 Å². The number of hydroxylamine groups is 2. The maximum atomic E-state index is 14.0. The SMILES string of the molecule is O=C(ON1C(=O)c2ccccc2C1=O)c1ccc(=O)n(-c2ccccc2F)c1. The van der Waals surface area contributed by atoms with Crippen molar-refractivity contribution in [1.82, 2.24) is 9.63 Å². The molecule has 8 heteroatoms. The number of amides is 2. The number of para-hydroxylation sites is 1. The van der Waals surface area contributed by atoms with Gasteiger partial charge in [-0.1, -0.05) is 29.3 Å². The Balaban J connectivity index is 1.65. The van der Waals surface area contributed by atoms with E-state index in [1.165, 1.54) is 42.5 Å². The van der Waals surface area contributed by atoms with E-state index in [0.29, 0.717) is 5.06 Å². The summed E-state index contributed by atoms with van der Waals surface area (Å²) in [6.07, 6.45) is 1.08. The normalized spacial score (nSPS) is 12.8. The van der Waals surface area contributed by atoms with E-state index in [4.69, 9.17) is 4.84 Å². The Morgan fingerprint density at radius 1 is 0.821 bits per heavy atom. The van der Waals surface area contributed by atoms with Gasteiger partial charge in [-0.15, -0.1) is 0 Å². The zero-order valence-corrected chi connectivity index (χ0v) is 14.2. The molecule has 2 amide bonds. The minimum atomic E-state index is -1.04. The van der Waals surface area contributed by atoms with E-state index in [-0.39, 0.29) is 22.4 Å². The van der Waals surface area contributed by atoms with Gasteiger partial charge in [-0.25, -0.2) is 9.18 Å². The molecule has 7 nitrogen and oxygen atoms in total. The summed E-state index contributed by atoms with van der Waals surface area (Å²) in [4.78, 5) is 54.0. The highest BCUT2D eigenvalue weighted by Gasteiger charge is 2.38. The number of benzene rings is 2. The van der Waals surface area contributed by atoms with Crippen LogP contribution in [0.3, 0.4) is 0 Å². The number of aromatic nitrogens is 1. The lowest BCUT2D eigenvalue weighted by atomic mass is 10.1. The average Bonchev–Trinajstić information content (AvgIpc) is 2.94. The Morgan fingerprint density at radius 2 is 1.43 bits per heavy atom. The first kappa shape index (κ1) is 17.3. The lowest BCUT2D eigenvalue weighted by Gasteiger charge is -2.13. The van der Waals surface area contributed by atoms with E-state index >= 15 is 0 Å². The smallest absolute Gasteiger partial charge is 0.324 e. The Labute approximate surface area is 157 Å². The van der Waals surface area contributed by atoms with Gasteiger partial charge in [-0.3, -0.25) is 19.0 Å². The minimum absolute atomic E-state index is 0.0529. The van der Waals surface area contributed by atoms with E-state index in [1.54, 1.807) is 12.1 Å². The van der Waals surface area contributed by atoms with Crippen molar-refractivity contribution in [2.45, 2.75) is 0 Å². The third-order valence-electron chi connectivity index (χ3n) is 4.19. The maximum absolute atomic E-state index is 14.0. The second-order valence-electron chi connectivity index (χ2n) is 5.91. The number of hydrogen-bond acceptors (Lipinski definition) is 5. The molecule has 28 heavy (non-hydrogen) atoms. The van der Waals surface area contributed by atoms with Crippen LogP contribution in [0.2, 0.25) is 0 Å². The van der Waals surface area contributed by atoms with Crippen LogP contribution in [0, 0.1) is 5.82 Å². The highest BCUT2D eigenvalue weighted by atomic mass is 19.1. The second kappa shape index (κ2) is 6.58. The highest BCUT2D eigenvalue weighted by Crippen LogP contribution is 2.23. The van der Waals surface area contributed by atoms with Crippen molar-refractivity contribution in [2.24, 2.45) is 0 Å². The summed E-state index contributed by atoms with van der Waals surface area (Å²) in [5.74, 6) is -3.23. The van der Waals surface area contributed by atoms with Gasteiger partial charge in [0.25, 0.3) is 17.4 Å². The van der Waals surface area contributed by atoms with Gasteiger partial charge in [0.1, 0.15) is 5.82 Å². The number of imide groups is 1. The minimum Gasteiger partial charge on any atom is -0.324 e. The number of halogens is 1. The molecule has 2 aromatic carbocycles. The van der Waals surface area contributed by atoms with Gasteiger partial charge in [-0.05, 0) is 30.3 Å². The first-order valence-corrected chi connectivity index (χ1v) is 8.15. The number of fused-ring (bicyclic) bond motifs is 1. The lowest BCUT2D eigenvalue weighted by Crippen LogP contribution is -2.33. The van der Waals surface area contributed by atoms with E-state index in [2.05, 4.69) is 0 Å². The van der Waals surface area contributed by atoms with Crippen molar-refractivity contribution in [3.63, 3.8) is 0 Å². The molecule has 0 saturated heterocycles. The summed E-state index contributed by atoms with van der Waals surface area (Å²) in [6, 6.07) is 13.8. The van der Waals surface area contributed by atoms with E-state index < -0.39 is 29.2 Å². The molecule has 4 rings (SSSR count). The number of pyridine rings is 1. The van der Waals surface area contributed by atoms with Crippen LogP contribution in [0.1, 0.15) is 31.1 Å². The summed E-state index contributed by atoms with van der Waals surface area (Å²) in [6.45, 7) is 0. The predicted octanol–water partition coefficient (Wildman–Crippen LogP) is 2.34. The molecule has 1 aliphatic heterocycles. The van der Waals surface area contributed by atoms with Crippen LogP contribution >= 0.6 is 0 Å². The van der Waals surface area contributed by atoms with E-state index in [0.717, 1.165) is 16.8 Å². The lowest BCUT2D eigenvalue weighted by molar-refractivity contribution is -0.0585. The Hall–Kier alpha value is -4.07. The average molecular weight is 378 g/mol. The van der Waals surface area contributed by atoms with Crippen molar-refractivity contribution in [2.75, 3.05) is 0 Å². The van der Waals surface area contributed by atoms with Crippen LogP contribution in [0.15, 0.2) is 71.7 Å². The van der Waals surface area contributed by atoms with Gasteiger partial charge in [-0.2, -0.15) is 0 Å². The molecule has 0 unspecified atom stereocenters. The van der Waals surface area contributed by atoms with E-state index in [9.17, 15) is 23.6 Å². The molecule has 0 aliphatic carbocycles. The highest BCUT2D eigenvalue weighted by molar-refractivity contribution is 6.21. The molecule has 0 bridgehead atoms. The van der Waals surface area contributed by atoms with Crippen molar-refractivity contribution >= 4 is 17.8 Å². The molecule has 0 spiro atoms. The quantitative estimate of drug-likeness (QED) is 0.653. The van der Waals surface area contributed by atoms with Crippen LogP contribution < -0.4 is 5.56 Å². The molecule has 0 atom stereocenters. The van der Waals surface area contributed by atoms with Gasteiger partial charge in [0.05, 0.1) is 22.4 Å². The summed E-state index contributed by atoms with van der Waals surface area (Å²) < 4.78 is 14.9. The van der Waals surface area contributed by atoms with E-state index in [1.807, 2.05) is 0 Å². The van der Waals surface area contributed by atoms with Crippen LogP contribution in [0.4, 0.5) is 4.39 Å². The Morgan fingerprint density at radius 3 is 2.07 bits per heavy atom. The molecule has 1 aromatic heterocycles. The van der Waals surface area contributed by atoms with Crippen molar-refractivity contribution in [3.05, 3.63) is 99.7 Å². The van der Waals surface area contributed by atoms with Crippen molar-refractivity contribution in [3.8, 4) is 5.69 Å². The molecular formula is C20H11FN2O5. The van der Waals surface area contributed by atoms with Gasteiger partial charge in [0.2, 0.25) is 0 Å². The largest absolute Gasteiger partial charge is 0.365 e. The predicted molar refractivity (Wildman–Crippen MR) is 94.4 cm³/mol. The van der Waals surface area contributed by atoms with Crippen molar-refractivity contribution in [1.29, 1.82) is 0 Å². The Kier molecular flexibility index (Phi) is 4.08. The maximum Gasteiger partial charge on any atom is 0.365 e. The fourth-order valence-electron chi connectivity index (χ4n) is 2.83. The van der Waals surface area contributed by atoms with Crippen LogP contribution in [0.5, 0.6) is 0 Å². The standard InChI is InChI=1S/C20H11FN2O5/c21-15-7-3-4-8-16(15)22-11-12(9-10-17(22)24)20(27)28-23-18(25)13-5-1-2-6-14(13)19(23)26/h1-11H. The monoisotopic (exact) mass is 378 g/mol. The van der Waals surface area contributed by atoms with Gasteiger partial charge < -0.3 is 4.84 Å². The first-order chi connectivity index (χ1) is 13.5. The number of carbonyl (C=O) groups is 3. The number of nitrogens with zero attached hydrogens (tertiary/aromatic N) is 2. The number of hydrogen-bond donors (Lipinski definition) is 0. The van der Waals surface area contributed by atoms with Crippen LogP contribution in [0.25, 0.3) is 5.69 Å². The Bertz CT molecular complexity index is 1170. The fourth-order valence-corrected chi connectivity index (χ4v) is 2.83. The third-order valence-corrected chi connectivity index (χ3v) is 4.19. The first-order valence-electron chi connectivity index (χ1n) is 8.15. The number of rotatable bonds is 3. The topological polar surface area (TPSA) is 85.7 Å². The molecule has 0 fully saturated rings. The summed E-state index contributed by atoms with van der Waals surface area (Å²) >= 11 is 0. The molecule has 0 N–H and O–H groups in total.